The zero-order chi connectivity index (χ0) is 19.3. The van der Waals surface area contributed by atoms with Crippen molar-refractivity contribution in [1.29, 1.82) is 0 Å². The lowest BCUT2D eigenvalue weighted by molar-refractivity contribution is -0.130. The van der Waals surface area contributed by atoms with Gasteiger partial charge in [0.1, 0.15) is 5.75 Å². The number of aryl methyl sites for hydroxylation is 2. The molecule has 0 saturated heterocycles. The van der Waals surface area contributed by atoms with Crippen molar-refractivity contribution in [2.24, 2.45) is 0 Å². The Balaban J connectivity index is 1.95. The summed E-state index contributed by atoms with van der Waals surface area (Å²) in [5, 5.41) is 0. The van der Waals surface area contributed by atoms with Crippen LogP contribution in [0.3, 0.4) is 0 Å². The highest BCUT2D eigenvalue weighted by Gasteiger charge is 2.16. The molecule has 0 N–H and O–H groups in total. The summed E-state index contributed by atoms with van der Waals surface area (Å²) in [5.41, 5.74) is 4.45. The molecule has 138 valence electrons. The first-order chi connectivity index (χ1) is 12.3. The van der Waals surface area contributed by atoms with Gasteiger partial charge in [-0.15, -0.1) is 0 Å². The SMILES string of the molecule is COc1c(C)cnc(CN(C)C(=O)CCC(=O)c2ccc(C)cc2)c1C. The Morgan fingerprint density at radius 3 is 2.35 bits per heavy atom. The molecule has 0 bridgehead atoms. The Bertz CT molecular complexity index is 798. The number of pyridine rings is 1. The van der Waals surface area contributed by atoms with E-state index in [2.05, 4.69) is 4.98 Å². The van der Waals surface area contributed by atoms with E-state index < -0.39 is 0 Å². The molecule has 1 aromatic heterocycles. The summed E-state index contributed by atoms with van der Waals surface area (Å²) >= 11 is 0. The molecule has 0 saturated carbocycles. The van der Waals surface area contributed by atoms with Gasteiger partial charge in [0.25, 0.3) is 0 Å². The number of aromatic nitrogens is 1. The molecule has 1 amide bonds. The molecule has 5 heteroatoms. The van der Waals surface area contributed by atoms with Gasteiger partial charge in [-0.25, -0.2) is 0 Å². The van der Waals surface area contributed by atoms with Crippen LogP contribution in [0, 0.1) is 20.8 Å². The van der Waals surface area contributed by atoms with Gasteiger partial charge in [0.15, 0.2) is 5.78 Å². The minimum Gasteiger partial charge on any atom is -0.496 e. The van der Waals surface area contributed by atoms with Gasteiger partial charge in [0.2, 0.25) is 5.91 Å². The minimum atomic E-state index is -0.0776. The Hall–Kier alpha value is -2.69. The average molecular weight is 354 g/mol. The van der Waals surface area contributed by atoms with Crippen molar-refractivity contribution in [3.8, 4) is 5.75 Å². The van der Waals surface area contributed by atoms with E-state index in [1.54, 1.807) is 37.4 Å². The molecule has 1 aromatic carbocycles. The highest BCUT2D eigenvalue weighted by molar-refractivity contribution is 5.97. The maximum atomic E-state index is 12.4. The van der Waals surface area contributed by atoms with Crippen LogP contribution in [0.25, 0.3) is 0 Å². The third-order valence-corrected chi connectivity index (χ3v) is 4.50. The first-order valence-electron chi connectivity index (χ1n) is 8.66. The second-order valence-electron chi connectivity index (χ2n) is 6.59. The quantitative estimate of drug-likeness (QED) is 0.712. The van der Waals surface area contributed by atoms with E-state index in [9.17, 15) is 9.59 Å². The van der Waals surface area contributed by atoms with Crippen LogP contribution in [0.15, 0.2) is 30.5 Å². The summed E-state index contributed by atoms with van der Waals surface area (Å²) in [6.07, 6.45) is 2.14. The van der Waals surface area contributed by atoms with E-state index in [0.29, 0.717) is 12.1 Å². The van der Waals surface area contributed by atoms with Gasteiger partial charge >= 0.3 is 0 Å². The normalized spacial score (nSPS) is 10.5. The van der Waals surface area contributed by atoms with Gasteiger partial charge in [0, 0.05) is 42.8 Å². The first-order valence-corrected chi connectivity index (χ1v) is 8.66. The summed E-state index contributed by atoms with van der Waals surface area (Å²) < 4.78 is 5.41. The number of nitrogens with zero attached hydrogens (tertiary/aromatic N) is 2. The Morgan fingerprint density at radius 2 is 1.73 bits per heavy atom. The summed E-state index contributed by atoms with van der Waals surface area (Å²) in [5.74, 6) is 0.703. The van der Waals surface area contributed by atoms with Gasteiger partial charge in [-0.2, -0.15) is 0 Å². The van der Waals surface area contributed by atoms with Crippen LogP contribution in [0.4, 0.5) is 0 Å². The number of carbonyl (C=O) groups excluding carboxylic acids is 2. The molecule has 0 radical (unpaired) electrons. The van der Waals surface area contributed by atoms with E-state index in [1.165, 1.54) is 0 Å². The molecule has 2 rings (SSSR count). The summed E-state index contributed by atoms with van der Waals surface area (Å²) in [4.78, 5) is 30.6. The number of ether oxygens (including phenoxy) is 1. The lowest BCUT2D eigenvalue weighted by atomic mass is 10.0. The van der Waals surface area contributed by atoms with E-state index >= 15 is 0 Å². The van der Waals surface area contributed by atoms with Gasteiger partial charge in [-0.1, -0.05) is 29.8 Å². The fraction of sp³-hybridized carbons (Fsp3) is 0.381. The van der Waals surface area contributed by atoms with E-state index in [-0.39, 0.29) is 24.5 Å². The molecule has 0 atom stereocenters. The topological polar surface area (TPSA) is 59.5 Å². The van der Waals surface area contributed by atoms with Crippen LogP contribution in [0.5, 0.6) is 5.75 Å². The van der Waals surface area contributed by atoms with Crippen molar-refractivity contribution in [1.82, 2.24) is 9.88 Å². The number of hydrogen-bond acceptors (Lipinski definition) is 4. The van der Waals surface area contributed by atoms with Crippen molar-refractivity contribution < 1.29 is 14.3 Å². The molecular formula is C21H26N2O3. The minimum absolute atomic E-state index is 0.0157. The van der Waals surface area contributed by atoms with E-state index in [4.69, 9.17) is 4.74 Å². The molecule has 0 spiro atoms. The Kier molecular flexibility index (Phi) is 6.50. The monoisotopic (exact) mass is 354 g/mol. The maximum absolute atomic E-state index is 12.4. The Labute approximate surface area is 155 Å². The standard InChI is InChI=1S/C21H26N2O3/c1-14-6-8-17(9-7-14)19(24)10-11-20(25)23(4)13-18-16(3)21(26-5)15(2)12-22-18/h6-9,12H,10-11,13H2,1-5H3. The summed E-state index contributed by atoms with van der Waals surface area (Å²) in [7, 11) is 3.36. The number of ketones is 1. The number of methoxy groups -OCH3 is 1. The first kappa shape index (κ1) is 19.6. The van der Waals surface area contributed by atoms with Crippen LogP contribution in [0.2, 0.25) is 0 Å². The largest absolute Gasteiger partial charge is 0.496 e. The van der Waals surface area contributed by atoms with Gasteiger partial charge < -0.3 is 9.64 Å². The molecule has 0 aliphatic rings. The molecule has 0 aliphatic heterocycles. The van der Waals surface area contributed by atoms with Crippen molar-refractivity contribution in [3.05, 3.63) is 58.4 Å². The smallest absolute Gasteiger partial charge is 0.223 e. The maximum Gasteiger partial charge on any atom is 0.223 e. The fourth-order valence-corrected chi connectivity index (χ4v) is 2.84. The number of benzene rings is 1. The second kappa shape index (κ2) is 8.61. The fourth-order valence-electron chi connectivity index (χ4n) is 2.84. The predicted molar refractivity (Wildman–Crippen MR) is 101 cm³/mol. The average Bonchev–Trinajstić information content (AvgIpc) is 2.62. The van der Waals surface area contributed by atoms with Crippen molar-refractivity contribution in [2.45, 2.75) is 40.2 Å². The molecule has 26 heavy (non-hydrogen) atoms. The lowest BCUT2D eigenvalue weighted by Crippen LogP contribution is -2.27. The summed E-state index contributed by atoms with van der Waals surface area (Å²) in [6.45, 7) is 6.24. The van der Waals surface area contributed by atoms with Gasteiger partial charge in [0.05, 0.1) is 19.3 Å². The third kappa shape index (κ3) is 4.69. The zero-order valence-electron chi connectivity index (χ0n) is 16.1. The van der Waals surface area contributed by atoms with Crippen molar-refractivity contribution >= 4 is 11.7 Å². The van der Waals surface area contributed by atoms with Crippen molar-refractivity contribution in [2.75, 3.05) is 14.2 Å². The molecule has 0 aliphatic carbocycles. The number of rotatable bonds is 7. The highest BCUT2D eigenvalue weighted by atomic mass is 16.5. The van der Waals surface area contributed by atoms with Crippen LogP contribution >= 0.6 is 0 Å². The number of hydrogen-bond donors (Lipinski definition) is 0. The van der Waals surface area contributed by atoms with E-state index in [0.717, 1.165) is 28.1 Å². The molecule has 0 fully saturated rings. The third-order valence-electron chi connectivity index (χ3n) is 4.50. The number of amides is 1. The molecule has 0 unspecified atom stereocenters. The zero-order valence-corrected chi connectivity index (χ0v) is 16.1. The number of carbonyl (C=O) groups is 2. The molecule has 2 aromatic rings. The molecule has 5 nitrogen and oxygen atoms in total. The van der Waals surface area contributed by atoms with Crippen molar-refractivity contribution in [3.63, 3.8) is 0 Å². The predicted octanol–water partition coefficient (Wildman–Crippen LogP) is 3.64. The second-order valence-corrected chi connectivity index (χ2v) is 6.59. The summed E-state index contributed by atoms with van der Waals surface area (Å²) in [6, 6.07) is 7.41. The number of Topliss-reactive ketones (excluding diaryl/α,β-unsaturated/α-hetero) is 1. The van der Waals surface area contributed by atoms with E-state index in [1.807, 2.05) is 32.9 Å². The van der Waals surface area contributed by atoms with Crippen LogP contribution in [0.1, 0.15) is 45.6 Å². The molecular weight excluding hydrogens is 328 g/mol. The Morgan fingerprint density at radius 1 is 1.08 bits per heavy atom. The van der Waals surface area contributed by atoms with Crippen LogP contribution < -0.4 is 4.74 Å². The van der Waals surface area contributed by atoms with Gasteiger partial charge in [-0.3, -0.25) is 14.6 Å². The van der Waals surface area contributed by atoms with Crippen LogP contribution in [-0.2, 0) is 11.3 Å². The van der Waals surface area contributed by atoms with Crippen LogP contribution in [-0.4, -0.2) is 35.7 Å². The highest BCUT2D eigenvalue weighted by Crippen LogP contribution is 2.24. The molecule has 1 heterocycles. The van der Waals surface area contributed by atoms with Gasteiger partial charge in [-0.05, 0) is 20.8 Å². The lowest BCUT2D eigenvalue weighted by Gasteiger charge is -2.19.